The van der Waals surface area contributed by atoms with Crippen LogP contribution in [-0.4, -0.2) is 49.5 Å². The summed E-state index contributed by atoms with van der Waals surface area (Å²) in [6.45, 7) is 4.51. The lowest BCUT2D eigenvalue weighted by molar-refractivity contribution is 0.117. The monoisotopic (exact) mass is 279 g/mol. The number of likely N-dealkylation sites (tertiary alicyclic amines) is 1. The Morgan fingerprint density at radius 1 is 1.50 bits per heavy atom. The van der Waals surface area contributed by atoms with Gasteiger partial charge in [-0.25, -0.2) is 4.79 Å². The molecule has 0 bridgehead atoms. The number of carboxylic acid groups (broad SMARTS) is 1. The van der Waals surface area contributed by atoms with E-state index in [-0.39, 0.29) is 18.1 Å². The van der Waals surface area contributed by atoms with Crippen LogP contribution >= 0.6 is 0 Å². The van der Waals surface area contributed by atoms with Crippen LogP contribution in [0, 0.1) is 5.92 Å². The zero-order valence-electron chi connectivity index (χ0n) is 11.0. The number of amides is 1. The standard InChI is InChI=1S/C11H21NO5S/c1-11(2)7-9(8-12(11)10(13)14)5-4-6-17-18(3,15)16/h9H,4-8H2,1-3H3,(H,13,14)/t9-/m0/s1. The van der Waals surface area contributed by atoms with Crippen molar-refractivity contribution in [2.75, 3.05) is 19.4 Å². The van der Waals surface area contributed by atoms with Gasteiger partial charge in [-0.1, -0.05) is 0 Å². The van der Waals surface area contributed by atoms with Crippen molar-refractivity contribution in [1.29, 1.82) is 0 Å². The third kappa shape index (κ3) is 4.45. The van der Waals surface area contributed by atoms with Crippen LogP contribution in [0.1, 0.15) is 33.1 Å². The molecule has 1 heterocycles. The van der Waals surface area contributed by atoms with Crippen molar-refractivity contribution in [1.82, 2.24) is 4.90 Å². The van der Waals surface area contributed by atoms with Crippen LogP contribution in [0.2, 0.25) is 0 Å². The van der Waals surface area contributed by atoms with Gasteiger partial charge >= 0.3 is 6.09 Å². The topological polar surface area (TPSA) is 83.9 Å². The van der Waals surface area contributed by atoms with Crippen molar-refractivity contribution < 1.29 is 22.5 Å². The van der Waals surface area contributed by atoms with Gasteiger partial charge in [0.1, 0.15) is 0 Å². The molecule has 1 N–H and O–H groups in total. The van der Waals surface area contributed by atoms with Gasteiger partial charge in [0.25, 0.3) is 10.1 Å². The van der Waals surface area contributed by atoms with Gasteiger partial charge in [0.15, 0.2) is 0 Å². The molecule has 1 fully saturated rings. The van der Waals surface area contributed by atoms with E-state index >= 15 is 0 Å². The van der Waals surface area contributed by atoms with E-state index in [2.05, 4.69) is 4.18 Å². The maximum Gasteiger partial charge on any atom is 0.407 e. The van der Waals surface area contributed by atoms with Crippen molar-refractivity contribution >= 4 is 16.2 Å². The zero-order chi connectivity index (χ0) is 14.0. The fourth-order valence-electron chi connectivity index (χ4n) is 2.50. The van der Waals surface area contributed by atoms with Crippen LogP contribution in [0.5, 0.6) is 0 Å². The minimum absolute atomic E-state index is 0.169. The summed E-state index contributed by atoms with van der Waals surface area (Å²) in [6, 6.07) is 0. The fourth-order valence-corrected chi connectivity index (χ4v) is 2.92. The second-order valence-corrected chi connectivity index (χ2v) is 7.09. The molecule has 0 radical (unpaired) electrons. The first-order chi connectivity index (χ1) is 8.12. The minimum Gasteiger partial charge on any atom is -0.465 e. The van der Waals surface area contributed by atoms with Gasteiger partial charge in [0, 0.05) is 12.1 Å². The maximum absolute atomic E-state index is 11.0. The summed E-state index contributed by atoms with van der Waals surface area (Å²) in [5.74, 6) is 0.277. The van der Waals surface area contributed by atoms with E-state index in [1.807, 2.05) is 13.8 Å². The van der Waals surface area contributed by atoms with Gasteiger partial charge in [-0.2, -0.15) is 8.42 Å². The van der Waals surface area contributed by atoms with Gasteiger partial charge in [-0.15, -0.1) is 0 Å². The van der Waals surface area contributed by atoms with E-state index in [9.17, 15) is 13.2 Å². The molecule has 1 aliphatic rings. The fraction of sp³-hybridized carbons (Fsp3) is 0.909. The molecule has 0 aromatic heterocycles. The first-order valence-electron chi connectivity index (χ1n) is 5.97. The number of hydrogen-bond donors (Lipinski definition) is 1. The summed E-state index contributed by atoms with van der Waals surface area (Å²) in [5, 5.41) is 9.07. The van der Waals surface area contributed by atoms with Gasteiger partial charge in [0.05, 0.1) is 12.9 Å². The third-order valence-electron chi connectivity index (χ3n) is 3.24. The molecule has 0 unspecified atom stereocenters. The van der Waals surface area contributed by atoms with Gasteiger partial charge in [-0.3, -0.25) is 4.18 Å². The van der Waals surface area contributed by atoms with E-state index in [4.69, 9.17) is 5.11 Å². The third-order valence-corrected chi connectivity index (χ3v) is 3.84. The summed E-state index contributed by atoms with van der Waals surface area (Å²) < 4.78 is 26.2. The lowest BCUT2D eigenvalue weighted by Crippen LogP contribution is -2.41. The van der Waals surface area contributed by atoms with E-state index in [0.717, 1.165) is 19.1 Å². The first kappa shape index (κ1) is 15.2. The molecule has 6 nitrogen and oxygen atoms in total. The molecule has 106 valence electrons. The molecule has 0 saturated carbocycles. The maximum atomic E-state index is 11.0. The molecule has 1 atom stereocenters. The van der Waals surface area contributed by atoms with Crippen LogP contribution < -0.4 is 0 Å². The Morgan fingerprint density at radius 3 is 2.56 bits per heavy atom. The van der Waals surface area contributed by atoms with Crippen LogP contribution in [-0.2, 0) is 14.3 Å². The van der Waals surface area contributed by atoms with Crippen LogP contribution in [0.25, 0.3) is 0 Å². The van der Waals surface area contributed by atoms with Crippen LogP contribution in [0.15, 0.2) is 0 Å². The normalized spacial score (nSPS) is 23.3. The van der Waals surface area contributed by atoms with Crippen molar-refractivity contribution in [3.8, 4) is 0 Å². The lowest BCUT2D eigenvalue weighted by Gasteiger charge is -2.28. The van der Waals surface area contributed by atoms with E-state index < -0.39 is 16.2 Å². The lowest BCUT2D eigenvalue weighted by atomic mass is 9.93. The molecule has 0 aromatic rings. The van der Waals surface area contributed by atoms with Crippen LogP contribution in [0.3, 0.4) is 0 Å². The predicted octanol–water partition coefficient (Wildman–Crippen LogP) is 1.52. The largest absolute Gasteiger partial charge is 0.465 e. The second kappa shape index (κ2) is 5.44. The summed E-state index contributed by atoms with van der Waals surface area (Å²) in [7, 11) is -3.37. The average molecular weight is 279 g/mol. The number of hydrogen-bond acceptors (Lipinski definition) is 4. The van der Waals surface area contributed by atoms with Crippen LogP contribution in [0.4, 0.5) is 4.79 Å². The highest BCUT2D eigenvalue weighted by Crippen LogP contribution is 2.34. The second-order valence-electron chi connectivity index (χ2n) is 5.44. The molecule has 1 aliphatic heterocycles. The van der Waals surface area contributed by atoms with Crippen molar-refractivity contribution in [2.45, 2.75) is 38.6 Å². The molecular formula is C11H21NO5S. The highest BCUT2D eigenvalue weighted by atomic mass is 32.2. The Hall–Kier alpha value is -0.820. The highest BCUT2D eigenvalue weighted by molar-refractivity contribution is 7.85. The summed E-state index contributed by atoms with van der Waals surface area (Å²) in [4.78, 5) is 12.5. The first-order valence-corrected chi connectivity index (χ1v) is 7.78. The van der Waals surface area contributed by atoms with E-state index in [0.29, 0.717) is 13.0 Å². The Bertz CT molecular complexity index is 404. The van der Waals surface area contributed by atoms with Crippen molar-refractivity contribution in [3.63, 3.8) is 0 Å². The van der Waals surface area contributed by atoms with Gasteiger partial charge < -0.3 is 10.0 Å². The number of nitrogens with zero attached hydrogens (tertiary/aromatic N) is 1. The molecule has 0 aromatic carbocycles. The smallest absolute Gasteiger partial charge is 0.407 e. The van der Waals surface area contributed by atoms with Gasteiger partial charge in [-0.05, 0) is 39.0 Å². The van der Waals surface area contributed by atoms with Crippen molar-refractivity contribution in [3.05, 3.63) is 0 Å². The number of carbonyl (C=O) groups is 1. The predicted molar refractivity (Wildman–Crippen MR) is 66.9 cm³/mol. The molecule has 1 saturated heterocycles. The van der Waals surface area contributed by atoms with E-state index in [1.54, 1.807) is 0 Å². The molecular weight excluding hydrogens is 258 g/mol. The Labute approximate surface area is 108 Å². The molecule has 0 spiro atoms. The Morgan fingerprint density at radius 2 is 2.11 bits per heavy atom. The quantitative estimate of drug-likeness (QED) is 0.609. The molecule has 1 rings (SSSR count). The Balaban J connectivity index is 2.36. The minimum atomic E-state index is -3.37. The SMILES string of the molecule is CC1(C)C[C@H](CCCOS(C)(=O)=O)CN1C(=O)O. The molecule has 18 heavy (non-hydrogen) atoms. The molecule has 7 heteroatoms. The van der Waals surface area contributed by atoms with Crippen molar-refractivity contribution in [2.24, 2.45) is 5.92 Å². The summed E-state index contributed by atoms with van der Waals surface area (Å²) in [6.07, 6.45) is 2.34. The highest BCUT2D eigenvalue weighted by Gasteiger charge is 2.40. The number of rotatable bonds is 5. The zero-order valence-corrected chi connectivity index (χ0v) is 11.9. The summed E-state index contributed by atoms with van der Waals surface area (Å²) in [5.41, 5.74) is -0.339. The molecule has 0 aliphatic carbocycles. The average Bonchev–Trinajstić information content (AvgIpc) is 2.47. The molecule has 1 amide bonds. The van der Waals surface area contributed by atoms with Gasteiger partial charge in [0.2, 0.25) is 0 Å². The van der Waals surface area contributed by atoms with E-state index in [1.165, 1.54) is 4.90 Å². The Kier molecular flexibility index (Phi) is 4.61. The summed E-state index contributed by atoms with van der Waals surface area (Å²) >= 11 is 0.